The van der Waals surface area contributed by atoms with Gasteiger partial charge < -0.3 is 9.73 Å². The average Bonchev–Trinajstić information content (AvgIpc) is 2.95. The van der Waals surface area contributed by atoms with Crippen LogP contribution in [0.4, 0.5) is 0 Å². The van der Waals surface area contributed by atoms with Crippen molar-refractivity contribution in [1.82, 2.24) is 25.3 Å². The molecule has 0 amide bonds. The highest BCUT2D eigenvalue weighted by atomic mass is 16.4. The Morgan fingerprint density at radius 1 is 1.35 bits per heavy atom. The molecule has 86 valence electrons. The van der Waals surface area contributed by atoms with Gasteiger partial charge in [-0.05, 0) is 19.2 Å². The van der Waals surface area contributed by atoms with E-state index in [1.807, 2.05) is 31.3 Å². The summed E-state index contributed by atoms with van der Waals surface area (Å²) >= 11 is 0. The molecule has 1 N–H and O–H groups in total. The van der Waals surface area contributed by atoms with Gasteiger partial charge in [-0.2, -0.15) is 9.67 Å². The molecule has 0 saturated heterocycles. The lowest BCUT2D eigenvalue weighted by atomic mass is 10.3. The van der Waals surface area contributed by atoms with Gasteiger partial charge in [-0.15, -0.1) is 5.10 Å². The number of rotatable bonds is 3. The molecule has 0 aliphatic rings. The molecule has 0 aliphatic heterocycles. The normalized spacial score (nSPS) is 11.1. The third-order valence-electron chi connectivity index (χ3n) is 2.43. The van der Waals surface area contributed by atoms with E-state index in [0.29, 0.717) is 12.6 Å². The van der Waals surface area contributed by atoms with Crippen molar-refractivity contribution in [2.24, 2.45) is 0 Å². The molecule has 0 radical (unpaired) electrons. The van der Waals surface area contributed by atoms with Crippen molar-refractivity contribution in [3.05, 3.63) is 36.2 Å². The second kappa shape index (κ2) is 3.99. The minimum atomic E-state index is 0.434. The lowest BCUT2D eigenvalue weighted by Gasteiger charge is -1.94. The molecule has 6 nitrogen and oxygen atoms in total. The number of benzene rings is 1. The maximum absolute atomic E-state index is 5.38. The monoisotopic (exact) mass is 229 g/mol. The van der Waals surface area contributed by atoms with Gasteiger partial charge in [0.05, 0.1) is 11.2 Å². The molecule has 0 spiro atoms. The second-order valence-electron chi connectivity index (χ2n) is 3.64. The van der Waals surface area contributed by atoms with Crippen LogP contribution in [-0.2, 0) is 6.54 Å². The Morgan fingerprint density at radius 3 is 3.12 bits per heavy atom. The second-order valence-corrected chi connectivity index (χ2v) is 3.64. The van der Waals surface area contributed by atoms with Crippen molar-refractivity contribution < 1.29 is 4.42 Å². The predicted octanol–water partition coefficient (Wildman–Crippen LogP) is 1.13. The Kier molecular flexibility index (Phi) is 2.34. The van der Waals surface area contributed by atoms with E-state index < -0.39 is 0 Å². The third kappa shape index (κ3) is 1.68. The molecule has 6 heteroatoms. The zero-order valence-corrected chi connectivity index (χ0v) is 9.29. The van der Waals surface area contributed by atoms with Crippen LogP contribution in [0, 0.1) is 0 Å². The summed E-state index contributed by atoms with van der Waals surface area (Å²) in [5.41, 5.74) is 2.54. The van der Waals surface area contributed by atoms with Crippen LogP contribution in [0.5, 0.6) is 0 Å². The van der Waals surface area contributed by atoms with Crippen molar-refractivity contribution in [3.63, 3.8) is 0 Å². The molecule has 0 atom stereocenters. The van der Waals surface area contributed by atoms with Crippen LogP contribution < -0.4 is 5.32 Å². The summed E-state index contributed by atoms with van der Waals surface area (Å²) in [6.07, 6.45) is 1.61. The van der Waals surface area contributed by atoms with E-state index in [0.717, 1.165) is 16.7 Å². The fourth-order valence-electron chi connectivity index (χ4n) is 1.67. The summed E-state index contributed by atoms with van der Waals surface area (Å²) in [5.74, 6) is 0. The molecule has 0 saturated carbocycles. The predicted molar refractivity (Wildman–Crippen MR) is 61.7 cm³/mol. The maximum atomic E-state index is 5.38. The van der Waals surface area contributed by atoms with E-state index in [-0.39, 0.29) is 0 Å². The van der Waals surface area contributed by atoms with E-state index in [2.05, 4.69) is 20.6 Å². The number of hydrogen-bond donors (Lipinski definition) is 1. The molecule has 17 heavy (non-hydrogen) atoms. The van der Waals surface area contributed by atoms with Crippen LogP contribution >= 0.6 is 0 Å². The van der Waals surface area contributed by atoms with Gasteiger partial charge in [-0.25, -0.2) is 0 Å². The molecule has 3 rings (SSSR count). The number of fused-ring (bicyclic) bond motifs is 1. The van der Waals surface area contributed by atoms with E-state index in [1.54, 1.807) is 10.9 Å². The van der Waals surface area contributed by atoms with Gasteiger partial charge in [-0.1, -0.05) is 17.3 Å². The van der Waals surface area contributed by atoms with Gasteiger partial charge in [0.2, 0.25) is 0 Å². The lowest BCUT2D eigenvalue weighted by Crippen LogP contribution is -2.05. The van der Waals surface area contributed by atoms with Crippen LogP contribution in [0.1, 0.15) is 5.69 Å². The van der Waals surface area contributed by atoms with Crippen molar-refractivity contribution in [3.8, 4) is 6.01 Å². The van der Waals surface area contributed by atoms with E-state index in [9.17, 15) is 0 Å². The average molecular weight is 229 g/mol. The van der Waals surface area contributed by atoms with E-state index in [4.69, 9.17) is 4.42 Å². The summed E-state index contributed by atoms with van der Waals surface area (Å²) in [6, 6.07) is 8.11. The molecular weight excluding hydrogens is 218 g/mol. The number of nitrogens with one attached hydrogen (secondary N) is 1. The zero-order chi connectivity index (χ0) is 11.7. The number of aromatic nitrogens is 4. The van der Waals surface area contributed by atoms with Gasteiger partial charge in [0.25, 0.3) is 0 Å². The minimum Gasteiger partial charge on any atom is -0.430 e. The fourth-order valence-corrected chi connectivity index (χ4v) is 1.67. The van der Waals surface area contributed by atoms with Crippen molar-refractivity contribution in [1.29, 1.82) is 0 Å². The summed E-state index contributed by atoms with van der Waals surface area (Å²) in [7, 11) is 1.86. The largest absolute Gasteiger partial charge is 0.430 e. The molecule has 2 heterocycles. The quantitative estimate of drug-likeness (QED) is 0.729. The van der Waals surface area contributed by atoms with Crippen LogP contribution in [0.25, 0.3) is 17.0 Å². The highest BCUT2D eigenvalue weighted by Crippen LogP contribution is 2.15. The first-order valence-corrected chi connectivity index (χ1v) is 5.28. The van der Waals surface area contributed by atoms with Gasteiger partial charge in [0.1, 0.15) is 11.8 Å². The lowest BCUT2D eigenvalue weighted by molar-refractivity contribution is 0.509. The highest BCUT2D eigenvalue weighted by Gasteiger charge is 2.10. The topological polar surface area (TPSA) is 68.8 Å². The molecule has 0 bridgehead atoms. The van der Waals surface area contributed by atoms with Gasteiger partial charge in [0, 0.05) is 6.54 Å². The van der Waals surface area contributed by atoms with Crippen molar-refractivity contribution in [2.75, 3.05) is 7.05 Å². The Bertz CT molecular complexity index is 642. The molecule has 0 unspecified atom stereocenters. The summed E-state index contributed by atoms with van der Waals surface area (Å²) < 4.78 is 6.97. The molecule has 0 aliphatic carbocycles. The first kappa shape index (κ1) is 9.98. The van der Waals surface area contributed by atoms with Gasteiger partial charge >= 0.3 is 6.01 Å². The molecule has 1 aromatic carbocycles. The third-order valence-corrected chi connectivity index (χ3v) is 2.43. The van der Waals surface area contributed by atoms with Crippen LogP contribution in [0.3, 0.4) is 0 Å². The highest BCUT2D eigenvalue weighted by molar-refractivity contribution is 5.75. The molecule has 0 fully saturated rings. The molecule has 2 aromatic heterocycles. The molecule has 3 aromatic rings. The smallest absolute Gasteiger partial charge is 0.324 e. The van der Waals surface area contributed by atoms with Crippen molar-refractivity contribution >= 4 is 11.0 Å². The Balaban J connectivity index is 2.07. The SMILES string of the molecule is CNCc1coc(-n2nnc3ccccc32)n1. The van der Waals surface area contributed by atoms with Crippen LogP contribution in [-0.4, -0.2) is 27.0 Å². The summed E-state index contributed by atoms with van der Waals surface area (Å²) in [5, 5.41) is 11.1. The van der Waals surface area contributed by atoms with Gasteiger partial charge in [0.15, 0.2) is 0 Å². The molecular formula is C11H11N5O. The van der Waals surface area contributed by atoms with E-state index >= 15 is 0 Å². The van der Waals surface area contributed by atoms with Gasteiger partial charge in [-0.3, -0.25) is 0 Å². The minimum absolute atomic E-state index is 0.434. The van der Waals surface area contributed by atoms with E-state index in [1.165, 1.54) is 0 Å². The zero-order valence-electron chi connectivity index (χ0n) is 9.29. The fraction of sp³-hybridized carbons (Fsp3) is 0.182. The number of hydrogen-bond acceptors (Lipinski definition) is 5. The Morgan fingerprint density at radius 2 is 2.24 bits per heavy atom. The summed E-state index contributed by atoms with van der Waals surface area (Å²) in [6.45, 7) is 0.663. The standard InChI is InChI=1S/C11H11N5O/c1-12-6-8-7-17-11(13-8)16-10-5-3-2-4-9(10)14-15-16/h2-5,7,12H,6H2,1H3. The Labute approximate surface area is 97.3 Å². The summed E-state index contributed by atoms with van der Waals surface area (Å²) in [4.78, 5) is 4.32. The van der Waals surface area contributed by atoms with Crippen molar-refractivity contribution in [2.45, 2.75) is 6.54 Å². The Hall–Kier alpha value is -2.21. The van der Waals surface area contributed by atoms with Crippen LogP contribution in [0.15, 0.2) is 34.9 Å². The number of oxazole rings is 1. The first-order valence-electron chi connectivity index (χ1n) is 5.28. The maximum Gasteiger partial charge on any atom is 0.324 e. The van der Waals surface area contributed by atoms with Crippen LogP contribution in [0.2, 0.25) is 0 Å². The first-order chi connectivity index (χ1) is 8.38. The number of nitrogens with zero attached hydrogens (tertiary/aromatic N) is 4. The number of para-hydroxylation sites is 1.